The topological polar surface area (TPSA) is 32.7 Å². The van der Waals surface area contributed by atoms with E-state index in [1.165, 1.54) is 12.0 Å². The third-order valence-corrected chi connectivity index (χ3v) is 6.14. The summed E-state index contributed by atoms with van der Waals surface area (Å²) in [5.74, 6) is 0.935. The first-order valence-electron chi connectivity index (χ1n) is 10.8. The number of rotatable bonds is 7. The predicted molar refractivity (Wildman–Crippen MR) is 121 cm³/mol. The monoisotopic (exact) mass is 393 g/mol. The summed E-state index contributed by atoms with van der Waals surface area (Å²) < 4.78 is 5.41. The molecule has 1 N–H and O–H groups in total. The minimum atomic E-state index is -0.822. The van der Waals surface area contributed by atoms with Crippen LogP contribution in [0.4, 0.5) is 0 Å². The Balaban J connectivity index is 2.03. The van der Waals surface area contributed by atoms with Gasteiger partial charge in [-0.05, 0) is 75.2 Å². The Morgan fingerprint density at radius 2 is 1.86 bits per heavy atom. The molecule has 1 fully saturated rings. The molecule has 0 heterocycles. The van der Waals surface area contributed by atoms with Gasteiger partial charge in [0, 0.05) is 5.92 Å². The molecule has 1 aliphatic rings. The van der Waals surface area contributed by atoms with Crippen LogP contribution in [0.2, 0.25) is 0 Å². The predicted octanol–water partition coefficient (Wildman–Crippen LogP) is 5.51. The fourth-order valence-electron chi connectivity index (χ4n) is 4.55. The van der Waals surface area contributed by atoms with Gasteiger partial charge in [-0.1, -0.05) is 61.4 Å². The molecule has 2 aromatic rings. The average molecular weight is 394 g/mol. The number of ether oxygens (including phenoxy) is 1. The normalized spacial score (nSPS) is 22.4. The van der Waals surface area contributed by atoms with Gasteiger partial charge < -0.3 is 14.7 Å². The Labute approximate surface area is 176 Å². The summed E-state index contributed by atoms with van der Waals surface area (Å²) in [7, 11) is 5.90. The van der Waals surface area contributed by atoms with Gasteiger partial charge in [-0.3, -0.25) is 0 Å². The molecule has 0 spiro atoms. The third kappa shape index (κ3) is 5.49. The standard InChI is InChI=1S/C26H35NO2/c1-27(2)18-16-25(22-12-6-4-7-13-22)26(28)17-9-5-8-14-23(26)19-21-11-10-15-24(20-21)29-3/h4,6-7,10-13,15,19-20,25,28H,5,8-9,14,16-18H2,1-3H3. The number of methoxy groups -OCH3 is 1. The third-order valence-electron chi connectivity index (χ3n) is 6.14. The van der Waals surface area contributed by atoms with Crippen LogP contribution in [0.15, 0.2) is 60.2 Å². The molecule has 2 unspecified atom stereocenters. The Kier molecular flexibility index (Phi) is 7.51. The van der Waals surface area contributed by atoms with Gasteiger partial charge in [0.25, 0.3) is 0 Å². The van der Waals surface area contributed by atoms with Crippen LogP contribution in [0.5, 0.6) is 5.75 Å². The van der Waals surface area contributed by atoms with Crippen LogP contribution in [-0.4, -0.2) is 43.4 Å². The van der Waals surface area contributed by atoms with E-state index >= 15 is 0 Å². The number of nitrogens with zero attached hydrogens (tertiary/aromatic N) is 1. The highest BCUT2D eigenvalue weighted by atomic mass is 16.5. The largest absolute Gasteiger partial charge is 0.497 e. The summed E-state index contributed by atoms with van der Waals surface area (Å²) in [4.78, 5) is 2.21. The molecule has 0 aliphatic heterocycles. The number of benzene rings is 2. The van der Waals surface area contributed by atoms with E-state index in [-0.39, 0.29) is 5.92 Å². The van der Waals surface area contributed by atoms with Crippen molar-refractivity contribution in [2.24, 2.45) is 0 Å². The van der Waals surface area contributed by atoms with Crippen LogP contribution < -0.4 is 4.74 Å². The van der Waals surface area contributed by atoms with Crippen molar-refractivity contribution in [3.05, 3.63) is 71.3 Å². The maximum atomic E-state index is 12.2. The summed E-state index contributed by atoms with van der Waals surface area (Å²) in [6, 6.07) is 18.7. The van der Waals surface area contributed by atoms with E-state index in [9.17, 15) is 5.11 Å². The first kappa shape index (κ1) is 21.6. The first-order chi connectivity index (χ1) is 14.0. The van der Waals surface area contributed by atoms with Gasteiger partial charge in [-0.2, -0.15) is 0 Å². The molecule has 156 valence electrons. The van der Waals surface area contributed by atoms with E-state index < -0.39 is 5.60 Å². The van der Waals surface area contributed by atoms with Crippen molar-refractivity contribution in [3.63, 3.8) is 0 Å². The van der Waals surface area contributed by atoms with Gasteiger partial charge in [0.15, 0.2) is 0 Å². The molecular weight excluding hydrogens is 358 g/mol. The van der Waals surface area contributed by atoms with Crippen molar-refractivity contribution in [1.29, 1.82) is 0 Å². The number of hydrogen-bond acceptors (Lipinski definition) is 3. The molecule has 1 aliphatic carbocycles. The Hall–Kier alpha value is -2.10. The Morgan fingerprint density at radius 1 is 1.07 bits per heavy atom. The quantitative estimate of drug-likeness (QED) is 0.630. The minimum Gasteiger partial charge on any atom is -0.497 e. The highest BCUT2D eigenvalue weighted by Gasteiger charge is 2.41. The maximum absolute atomic E-state index is 12.2. The minimum absolute atomic E-state index is 0.0843. The van der Waals surface area contributed by atoms with Gasteiger partial charge in [-0.15, -0.1) is 0 Å². The molecule has 0 amide bonds. The van der Waals surface area contributed by atoms with Crippen LogP contribution in [0.3, 0.4) is 0 Å². The zero-order valence-corrected chi connectivity index (χ0v) is 18.1. The molecule has 0 radical (unpaired) electrons. The van der Waals surface area contributed by atoms with Crippen molar-refractivity contribution >= 4 is 6.08 Å². The summed E-state index contributed by atoms with van der Waals surface area (Å²) in [5, 5.41) is 12.2. The zero-order chi connectivity index (χ0) is 20.7. The second kappa shape index (κ2) is 10.1. The lowest BCUT2D eigenvalue weighted by molar-refractivity contribution is 0.0343. The van der Waals surface area contributed by atoms with Crippen LogP contribution in [-0.2, 0) is 0 Å². The number of aliphatic hydroxyl groups is 1. The van der Waals surface area contributed by atoms with Crippen LogP contribution in [0.25, 0.3) is 6.08 Å². The summed E-state index contributed by atoms with van der Waals surface area (Å²) in [5.41, 5.74) is 2.67. The van der Waals surface area contributed by atoms with Gasteiger partial charge >= 0.3 is 0 Å². The van der Waals surface area contributed by atoms with Crippen LogP contribution >= 0.6 is 0 Å². The van der Waals surface area contributed by atoms with Crippen molar-refractivity contribution in [2.75, 3.05) is 27.7 Å². The average Bonchev–Trinajstić information content (AvgIpc) is 2.91. The van der Waals surface area contributed by atoms with E-state index in [2.05, 4.69) is 67.5 Å². The summed E-state index contributed by atoms with van der Waals surface area (Å²) in [6.07, 6.45) is 8.27. The van der Waals surface area contributed by atoms with Crippen LogP contribution in [0.1, 0.15) is 55.6 Å². The van der Waals surface area contributed by atoms with E-state index in [1.54, 1.807) is 7.11 Å². The molecular formula is C26H35NO2. The van der Waals surface area contributed by atoms with Gasteiger partial charge in [-0.25, -0.2) is 0 Å². The van der Waals surface area contributed by atoms with Gasteiger partial charge in [0.05, 0.1) is 12.7 Å². The van der Waals surface area contributed by atoms with Crippen LogP contribution in [0, 0.1) is 0 Å². The van der Waals surface area contributed by atoms with Crippen molar-refractivity contribution in [3.8, 4) is 5.75 Å². The lowest BCUT2D eigenvalue weighted by Gasteiger charge is -2.39. The SMILES string of the molecule is COc1cccc(C=C2CCCCCC2(O)C(CCN(C)C)c2ccccc2)c1. The second-order valence-electron chi connectivity index (χ2n) is 8.49. The second-order valence-corrected chi connectivity index (χ2v) is 8.49. The van der Waals surface area contributed by atoms with E-state index in [4.69, 9.17) is 4.74 Å². The molecule has 3 rings (SSSR count). The summed E-state index contributed by atoms with van der Waals surface area (Å²) in [6.45, 7) is 0.953. The molecule has 0 aromatic heterocycles. The molecule has 0 saturated heterocycles. The zero-order valence-electron chi connectivity index (χ0n) is 18.1. The molecule has 29 heavy (non-hydrogen) atoms. The smallest absolute Gasteiger partial charge is 0.119 e. The van der Waals surface area contributed by atoms with E-state index in [0.29, 0.717) is 0 Å². The molecule has 2 aromatic carbocycles. The molecule has 3 heteroatoms. The highest BCUT2D eigenvalue weighted by molar-refractivity contribution is 5.58. The fraction of sp³-hybridized carbons (Fsp3) is 0.462. The van der Waals surface area contributed by atoms with Crippen molar-refractivity contribution in [1.82, 2.24) is 4.90 Å². The highest BCUT2D eigenvalue weighted by Crippen LogP contribution is 2.45. The fourth-order valence-corrected chi connectivity index (χ4v) is 4.55. The van der Waals surface area contributed by atoms with Gasteiger partial charge in [0.2, 0.25) is 0 Å². The Bertz CT molecular complexity index is 799. The van der Waals surface area contributed by atoms with Crippen molar-refractivity contribution in [2.45, 2.75) is 50.0 Å². The first-order valence-corrected chi connectivity index (χ1v) is 10.8. The van der Waals surface area contributed by atoms with E-state index in [0.717, 1.165) is 55.5 Å². The van der Waals surface area contributed by atoms with Crippen molar-refractivity contribution < 1.29 is 9.84 Å². The molecule has 0 bridgehead atoms. The Morgan fingerprint density at radius 3 is 2.59 bits per heavy atom. The maximum Gasteiger partial charge on any atom is 0.119 e. The lowest BCUT2D eigenvalue weighted by atomic mass is 9.72. The van der Waals surface area contributed by atoms with Gasteiger partial charge in [0.1, 0.15) is 5.75 Å². The lowest BCUT2D eigenvalue weighted by Crippen LogP contribution is -2.39. The summed E-state index contributed by atoms with van der Waals surface area (Å²) >= 11 is 0. The van der Waals surface area contributed by atoms with E-state index in [1.807, 2.05) is 12.1 Å². The molecule has 1 saturated carbocycles. The molecule has 2 atom stereocenters. The molecule has 3 nitrogen and oxygen atoms in total. The number of hydrogen-bond donors (Lipinski definition) is 1.